The number of hydrogen-bond donors (Lipinski definition) is 2. The summed E-state index contributed by atoms with van der Waals surface area (Å²) in [4.78, 5) is 4.28. The van der Waals surface area contributed by atoms with Crippen molar-refractivity contribution in [1.29, 1.82) is 0 Å². The van der Waals surface area contributed by atoms with E-state index in [0.29, 0.717) is 12.6 Å². The van der Waals surface area contributed by atoms with Crippen molar-refractivity contribution in [3.05, 3.63) is 23.9 Å². The lowest BCUT2D eigenvalue weighted by Crippen LogP contribution is -2.28. The van der Waals surface area contributed by atoms with Gasteiger partial charge in [0, 0.05) is 24.3 Å². The number of nitrogens with zero attached hydrogens (tertiary/aromatic N) is 1. The van der Waals surface area contributed by atoms with Gasteiger partial charge < -0.3 is 11.1 Å². The molecule has 3 heteroatoms. The first-order valence-electron chi connectivity index (χ1n) is 4.80. The molecule has 0 radical (unpaired) electrons. The monoisotopic (exact) mass is 177 g/mol. The number of anilines is 1. The van der Waals surface area contributed by atoms with Crippen LogP contribution in [0.3, 0.4) is 0 Å². The SMILES string of the molecule is NCc1cccnc1NC1CCC1. The third-order valence-corrected chi connectivity index (χ3v) is 2.56. The molecule has 1 aliphatic carbocycles. The lowest BCUT2D eigenvalue weighted by molar-refractivity contribution is 0.444. The Hall–Kier alpha value is -1.09. The smallest absolute Gasteiger partial charge is 0.130 e. The van der Waals surface area contributed by atoms with E-state index in [1.165, 1.54) is 19.3 Å². The molecule has 0 atom stereocenters. The van der Waals surface area contributed by atoms with Gasteiger partial charge in [-0.15, -0.1) is 0 Å². The summed E-state index contributed by atoms with van der Waals surface area (Å²) >= 11 is 0. The molecule has 70 valence electrons. The van der Waals surface area contributed by atoms with E-state index in [-0.39, 0.29) is 0 Å². The van der Waals surface area contributed by atoms with E-state index in [9.17, 15) is 0 Å². The third kappa shape index (κ3) is 1.80. The summed E-state index contributed by atoms with van der Waals surface area (Å²) in [5.41, 5.74) is 6.71. The Morgan fingerprint density at radius 2 is 2.38 bits per heavy atom. The zero-order valence-corrected chi connectivity index (χ0v) is 7.66. The third-order valence-electron chi connectivity index (χ3n) is 2.56. The minimum absolute atomic E-state index is 0.558. The molecule has 0 saturated heterocycles. The molecule has 0 spiro atoms. The van der Waals surface area contributed by atoms with Gasteiger partial charge in [0.2, 0.25) is 0 Å². The molecule has 1 aromatic rings. The summed E-state index contributed by atoms with van der Waals surface area (Å²) < 4.78 is 0. The van der Waals surface area contributed by atoms with Crippen LogP contribution >= 0.6 is 0 Å². The molecule has 0 bridgehead atoms. The zero-order chi connectivity index (χ0) is 9.10. The second-order valence-corrected chi connectivity index (χ2v) is 3.49. The molecular weight excluding hydrogens is 162 g/mol. The summed E-state index contributed by atoms with van der Waals surface area (Å²) in [6.07, 6.45) is 5.67. The molecule has 0 unspecified atom stereocenters. The zero-order valence-electron chi connectivity index (χ0n) is 7.66. The number of aromatic nitrogens is 1. The maximum Gasteiger partial charge on any atom is 0.130 e. The van der Waals surface area contributed by atoms with Crippen LogP contribution in [0, 0.1) is 0 Å². The van der Waals surface area contributed by atoms with Gasteiger partial charge in [-0.05, 0) is 25.3 Å². The normalized spacial score (nSPS) is 16.7. The van der Waals surface area contributed by atoms with Crippen LogP contribution in [-0.2, 0) is 6.54 Å². The summed E-state index contributed by atoms with van der Waals surface area (Å²) in [5, 5.41) is 3.41. The number of pyridine rings is 1. The highest BCUT2D eigenvalue weighted by molar-refractivity contribution is 5.44. The fourth-order valence-electron chi connectivity index (χ4n) is 1.48. The first kappa shape index (κ1) is 8.51. The highest BCUT2D eigenvalue weighted by Gasteiger charge is 2.17. The molecule has 0 aliphatic heterocycles. The van der Waals surface area contributed by atoms with Crippen LogP contribution in [0.2, 0.25) is 0 Å². The number of hydrogen-bond acceptors (Lipinski definition) is 3. The molecule has 1 aliphatic rings. The van der Waals surface area contributed by atoms with Gasteiger partial charge in [0.25, 0.3) is 0 Å². The summed E-state index contributed by atoms with van der Waals surface area (Å²) in [5.74, 6) is 0.967. The minimum Gasteiger partial charge on any atom is -0.367 e. The van der Waals surface area contributed by atoms with Crippen LogP contribution in [-0.4, -0.2) is 11.0 Å². The first-order valence-corrected chi connectivity index (χ1v) is 4.80. The maximum atomic E-state index is 5.61. The van der Waals surface area contributed by atoms with Gasteiger partial charge in [0.05, 0.1) is 0 Å². The molecular formula is C10H15N3. The largest absolute Gasteiger partial charge is 0.367 e. The maximum absolute atomic E-state index is 5.61. The minimum atomic E-state index is 0.558. The Labute approximate surface area is 78.4 Å². The molecule has 3 N–H and O–H groups in total. The topological polar surface area (TPSA) is 50.9 Å². The number of nitrogens with one attached hydrogen (secondary N) is 1. The van der Waals surface area contributed by atoms with Crippen LogP contribution in [0.4, 0.5) is 5.82 Å². The molecule has 2 rings (SSSR count). The fourth-order valence-corrected chi connectivity index (χ4v) is 1.48. The van der Waals surface area contributed by atoms with Crippen molar-refractivity contribution in [3.8, 4) is 0 Å². The van der Waals surface area contributed by atoms with Gasteiger partial charge >= 0.3 is 0 Å². The summed E-state index contributed by atoms with van der Waals surface area (Å²) in [6, 6.07) is 4.57. The predicted octanol–water partition coefficient (Wildman–Crippen LogP) is 1.50. The van der Waals surface area contributed by atoms with E-state index in [1.807, 2.05) is 12.1 Å². The molecule has 3 nitrogen and oxygen atoms in total. The van der Waals surface area contributed by atoms with Gasteiger partial charge in [-0.2, -0.15) is 0 Å². The Balaban J connectivity index is 2.08. The molecule has 1 heterocycles. The highest BCUT2D eigenvalue weighted by atomic mass is 15.0. The molecule has 0 aromatic carbocycles. The van der Waals surface area contributed by atoms with E-state index in [2.05, 4.69) is 10.3 Å². The van der Waals surface area contributed by atoms with Crippen LogP contribution in [0.5, 0.6) is 0 Å². The van der Waals surface area contributed by atoms with Crippen LogP contribution < -0.4 is 11.1 Å². The van der Waals surface area contributed by atoms with Crippen molar-refractivity contribution in [2.24, 2.45) is 5.73 Å². The lowest BCUT2D eigenvalue weighted by Gasteiger charge is -2.27. The Morgan fingerprint density at radius 3 is 3.00 bits per heavy atom. The second-order valence-electron chi connectivity index (χ2n) is 3.49. The van der Waals surface area contributed by atoms with Crippen molar-refractivity contribution in [2.75, 3.05) is 5.32 Å². The van der Waals surface area contributed by atoms with Crippen molar-refractivity contribution < 1.29 is 0 Å². The van der Waals surface area contributed by atoms with E-state index in [4.69, 9.17) is 5.73 Å². The van der Waals surface area contributed by atoms with Gasteiger partial charge in [0.15, 0.2) is 0 Å². The number of rotatable bonds is 3. The molecule has 0 amide bonds. The second kappa shape index (κ2) is 3.75. The first-order chi connectivity index (χ1) is 6.40. The number of nitrogens with two attached hydrogens (primary N) is 1. The van der Waals surface area contributed by atoms with Crippen LogP contribution in [0.25, 0.3) is 0 Å². The van der Waals surface area contributed by atoms with Crippen molar-refractivity contribution in [3.63, 3.8) is 0 Å². The highest BCUT2D eigenvalue weighted by Crippen LogP contribution is 2.23. The van der Waals surface area contributed by atoms with Crippen LogP contribution in [0.15, 0.2) is 18.3 Å². The summed E-state index contributed by atoms with van der Waals surface area (Å²) in [7, 11) is 0. The van der Waals surface area contributed by atoms with Crippen molar-refractivity contribution >= 4 is 5.82 Å². The van der Waals surface area contributed by atoms with Gasteiger partial charge in [-0.25, -0.2) is 4.98 Å². The molecule has 13 heavy (non-hydrogen) atoms. The molecule has 1 aromatic heterocycles. The van der Waals surface area contributed by atoms with Crippen molar-refractivity contribution in [2.45, 2.75) is 31.8 Å². The Morgan fingerprint density at radius 1 is 1.54 bits per heavy atom. The Bertz CT molecular complexity index is 281. The van der Waals surface area contributed by atoms with E-state index >= 15 is 0 Å². The van der Waals surface area contributed by atoms with E-state index < -0.39 is 0 Å². The van der Waals surface area contributed by atoms with Crippen molar-refractivity contribution in [1.82, 2.24) is 4.98 Å². The molecule has 1 fully saturated rings. The molecule has 1 saturated carbocycles. The quantitative estimate of drug-likeness (QED) is 0.735. The Kier molecular flexibility index (Phi) is 2.45. The van der Waals surface area contributed by atoms with Gasteiger partial charge in [0.1, 0.15) is 5.82 Å². The van der Waals surface area contributed by atoms with E-state index in [0.717, 1.165) is 11.4 Å². The van der Waals surface area contributed by atoms with E-state index in [1.54, 1.807) is 6.20 Å². The van der Waals surface area contributed by atoms with Gasteiger partial charge in [-0.1, -0.05) is 6.07 Å². The summed E-state index contributed by atoms with van der Waals surface area (Å²) in [6.45, 7) is 0.558. The van der Waals surface area contributed by atoms with Gasteiger partial charge in [-0.3, -0.25) is 0 Å². The average molecular weight is 177 g/mol. The average Bonchev–Trinajstić information content (AvgIpc) is 2.12. The predicted molar refractivity (Wildman–Crippen MR) is 53.4 cm³/mol. The standard InChI is InChI=1S/C10H15N3/c11-7-8-3-2-6-12-10(8)13-9-4-1-5-9/h2-3,6,9H,1,4-5,7,11H2,(H,12,13). The fraction of sp³-hybridized carbons (Fsp3) is 0.500. The lowest BCUT2D eigenvalue weighted by atomic mass is 9.93. The van der Waals surface area contributed by atoms with Crippen LogP contribution in [0.1, 0.15) is 24.8 Å².